The molecular formula is C25H25NO12S2. The summed E-state index contributed by atoms with van der Waals surface area (Å²) in [6.45, 7) is 4.14. The van der Waals surface area contributed by atoms with Gasteiger partial charge in [-0.15, -0.1) is 0 Å². The van der Waals surface area contributed by atoms with Crippen molar-refractivity contribution in [2.24, 2.45) is 0 Å². The van der Waals surface area contributed by atoms with Crippen molar-refractivity contribution in [2.75, 3.05) is 13.4 Å². The molecule has 4 rings (SSSR count). The van der Waals surface area contributed by atoms with Gasteiger partial charge >= 0.3 is 23.9 Å². The first-order valence-corrected chi connectivity index (χ1v) is 13.1. The molecule has 0 unspecified atom stereocenters. The summed E-state index contributed by atoms with van der Waals surface area (Å²) in [6.07, 6.45) is -5.33. The molecule has 0 bridgehead atoms. The number of ether oxygens (including phenoxy) is 7. The number of benzene rings is 1. The second-order valence-electron chi connectivity index (χ2n) is 8.75. The molecule has 0 N–H and O–H groups in total. The number of thioether (sulfide) groups is 1. The van der Waals surface area contributed by atoms with Gasteiger partial charge in [0.25, 0.3) is 5.91 Å². The Labute approximate surface area is 238 Å². The molecule has 1 amide bonds. The Morgan fingerprint density at radius 2 is 1.57 bits per heavy atom. The SMILES string of the molecule is CC(=O)OC[C@@H]1O[C@H](N2C(=O)/C(=C/c3ccc4c(c3)OCO4)SC2=S)[C@H](OC(C)=O)[C@H](OC(C)=O)[C@H]1OC(C)=O. The van der Waals surface area contributed by atoms with Gasteiger partial charge in [-0.2, -0.15) is 0 Å². The van der Waals surface area contributed by atoms with Crippen molar-refractivity contribution >= 4 is 64.2 Å². The van der Waals surface area contributed by atoms with Crippen molar-refractivity contribution in [2.45, 2.75) is 58.3 Å². The summed E-state index contributed by atoms with van der Waals surface area (Å²) in [5.41, 5.74) is 0.631. The van der Waals surface area contributed by atoms with E-state index in [0.717, 1.165) is 44.4 Å². The van der Waals surface area contributed by atoms with Gasteiger partial charge in [-0.3, -0.25) is 28.9 Å². The number of carbonyl (C=O) groups excluding carboxylic acids is 5. The molecule has 0 aromatic heterocycles. The van der Waals surface area contributed by atoms with E-state index in [9.17, 15) is 24.0 Å². The molecule has 0 saturated carbocycles. The normalized spacial score (nSPS) is 26.4. The third-order valence-electron chi connectivity index (χ3n) is 5.74. The van der Waals surface area contributed by atoms with Gasteiger partial charge in [0.05, 0.1) is 4.91 Å². The van der Waals surface area contributed by atoms with Gasteiger partial charge < -0.3 is 33.2 Å². The number of nitrogens with zero attached hydrogens (tertiary/aromatic N) is 1. The van der Waals surface area contributed by atoms with Crippen molar-refractivity contribution in [3.63, 3.8) is 0 Å². The van der Waals surface area contributed by atoms with Gasteiger partial charge in [-0.1, -0.05) is 30.0 Å². The zero-order chi connectivity index (χ0) is 29.1. The van der Waals surface area contributed by atoms with Gasteiger partial charge in [0.1, 0.15) is 12.7 Å². The molecule has 5 atom stereocenters. The van der Waals surface area contributed by atoms with Crippen molar-refractivity contribution < 1.29 is 57.1 Å². The first-order valence-electron chi connectivity index (χ1n) is 11.9. The van der Waals surface area contributed by atoms with E-state index in [1.807, 2.05) is 0 Å². The molecule has 214 valence electrons. The second kappa shape index (κ2) is 12.2. The van der Waals surface area contributed by atoms with Crippen LogP contribution in [0.1, 0.15) is 33.3 Å². The molecule has 0 spiro atoms. The van der Waals surface area contributed by atoms with Crippen LogP contribution < -0.4 is 9.47 Å². The Bertz CT molecular complexity index is 1280. The molecule has 0 radical (unpaired) electrons. The summed E-state index contributed by atoms with van der Waals surface area (Å²) in [5, 5.41) is 0. The Balaban J connectivity index is 1.71. The molecule has 15 heteroatoms. The smallest absolute Gasteiger partial charge is 0.303 e. The topological polar surface area (TPSA) is 153 Å². The maximum Gasteiger partial charge on any atom is 0.303 e. The first kappa shape index (κ1) is 29.3. The highest BCUT2D eigenvalue weighted by molar-refractivity contribution is 8.26. The molecule has 1 aromatic rings. The minimum Gasteiger partial charge on any atom is -0.463 e. The zero-order valence-corrected chi connectivity index (χ0v) is 23.4. The Morgan fingerprint density at radius 1 is 0.950 bits per heavy atom. The predicted molar refractivity (Wildman–Crippen MR) is 140 cm³/mol. The van der Waals surface area contributed by atoms with Crippen LogP contribution in [-0.2, 0) is 47.7 Å². The van der Waals surface area contributed by atoms with E-state index >= 15 is 0 Å². The van der Waals surface area contributed by atoms with Gasteiger partial charge in [0, 0.05) is 27.7 Å². The van der Waals surface area contributed by atoms with E-state index in [-0.39, 0.29) is 16.0 Å². The summed E-state index contributed by atoms with van der Waals surface area (Å²) in [4.78, 5) is 62.6. The first-order chi connectivity index (χ1) is 18.9. The van der Waals surface area contributed by atoms with Crippen LogP contribution in [0.5, 0.6) is 11.5 Å². The predicted octanol–water partition coefficient (Wildman–Crippen LogP) is 1.70. The van der Waals surface area contributed by atoms with E-state index in [2.05, 4.69) is 0 Å². The summed E-state index contributed by atoms with van der Waals surface area (Å²) < 4.78 is 38.2. The Hall–Kier alpha value is -3.69. The average molecular weight is 596 g/mol. The van der Waals surface area contributed by atoms with E-state index in [1.54, 1.807) is 24.3 Å². The fraction of sp³-hybridized carbons (Fsp3) is 0.440. The van der Waals surface area contributed by atoms with Gasteiger partial charge in [-0.05, 0) is 23.8 Å². The van der Waals surface area contributed by atoms with Crippen LogP contribution in [0.4, 0.5) is 0 Å². The maximum absolute atomic E-state index is 13.6. The van der Waals surface area contributed by atoms with E-state index < -0.39 is 67.0 Å². The maximum atomic E-state index is 13.6. The summed E-state index contributed by atoms with van der Waals surface area (Å²) in [7, 11) is 0. The number of rotatable bonds is 7. The largest absolute Gasteiger partial charge is 0.463 e. The van der Waals surface area contributed by atoms with Gasteiger partial charge in [-0.25, -0.2) is 0 Å². The number of fused-ring (bicyclic) bond motifs is 1. The quantitative estimate of drug-likeness (QED) is 0.194. The van der Waals surface area contributed by atoms with Crippen LogP contribution in [0.15, 0.2) is 23.1 Å². The van der Waals surface area contributed by atoms with Crippen molar-refractivity contribution in [1.82, 2.24) is 4.90 Å². The third-order valence-corrected chi connectivity index (χ3v) is 7.07. The fourth-order valence-corrected chi connectivity index (χ4v) is 5.58. The molecule has 2 saturated heterocycles. The van der Waals surface area contributed by atoms with E-state index in [4.69, 9.17) is 45.4 Å². The summed E-state index contributed by atoms with van der Waals surface area (Å²) in [6, 6.07) is 5.13. The number of carbonyl (C=O) groups is 5. The van der Waals surface area contributed by atoms with Crippen LogP contribution in [0.25, 0.3) is 6.08 Å². The number of hydrogen-bond acceptors (Lipinski definition) is 14. The van der Waals surface area contributed by atoms with Crippen molar-refractivity contribution in [3.8, 4) is 11.5 Å². The molecule has 3 aliphatic rings. The molecular weight excluding hydrogens is 570 g/mol. The monoisotopic (exact) mass is 595 g/mol. The molecule has 13 nitrogen and oxygen atoms in total. The lowest BCUT2D eigenvalue weighted by Crippen LogP contribution is -2.66. The minimum atomic E-state index is -1.47. The van der Waals surface area contributed by atoms with Gasteiger partial charge in [0.15, 0.2) is 40.4 Å². The molecule has 3 heterocycles. The highest BCUT2D eigenvalue weighted by Crippen LogP contribution is 2.40. The van der Waals surface area contributed by atoms with Crippen LogP contribution in [0, 0.1) is 0 Å². The van der Waals surface area contributed by atoms with E-state index in [0.29, 0.717) is 17.1 Å². The molecule has 0 aliphatic carbocycles. The Kier molecular flexibility index (Phi) is 8.95. The zero-order valence-electron chi connectivity index (χ0n) is 21.8. The summed E-state index contributed by atoms with van der Waals surface area (Å²) in [5.74, 6) is -2.52. The lowest BCUT2D eigenvalue weighted by Gasteiger charge is -2.46. The second-order valence-corrected chi connectivity index (χ2v) is 10.4. The fourth-order valence-electron chi connectivity index (χ4n) is 4.27. The number of hydrogen-bond donors (Lipinski definition) is 0. The van der Waals surface area contributed by atoms with E-state index in [1.165, 1.54) is 0 Å². The number of esters is 4. The standard InChI is InChI=1S/C25H25NO12S2/c1-11(27)32-9-18-20(35-12(2)28)21(36-13(3)29)22(37-14(4)30)24(38-18)26-23(31)19(40-25(26)39)8-15-5-6-16-17(7-15)34-10-33-16/h5-8,18,20-22,24H,9-10H2,1-4H3/b19-8-/t18-,20-,21+,22+,24-/m0/s1. The number of amides is 1. The molecule has 2 fully saturated rings. The van der Waals surface area contributed by atoms with Crippen LogP contribution >= 0.6 is 24.0 Å². The summed E-state index contributed by atoms with van der Waals surface area (Å²) >= 11 is 6.46. The highest BCUT2D eigenvalue weighted by Gasteiger charge is 2.56. The van der Waals surface area contributed by atoms with Crippen molar-refractivity contribution in [1.29, 1.82) is 0 Å². The minimum absolute atomic E-state index is 0.0536. The molecule has 1 aromatic carbocycles. The molecule has 40 heavy (non-hydrogen) atoms. The van der Waals surface area contributed by atoms with Crippen LogP contribution in [-0.4, -0.2) is 83.0 Å². The Morgan fingerprint density at radius 3 is 2.23 bits per heavy atom. The number of thiocarbonyl (C=S) groups is 1. The van der Waals surface area contributed by atoms with Crippen molar-refractivity contribution in [3.05, 3.63) is 28.7 Å². The van der Waals surface area contributed by atoms with Gasteiger partial charge in [0.2, 0.25) is 6.79 Å². The lowest BCUT2D eigenvalue weighted by atomic mass is 9.96. The lowest BCUT2D eigenvalue weighted by molar-refractivity contribution is -0.268. The van der Waals surface area contributed by atoms with Crippen LogP contribution in [0.2, 0.25) is 0 Å². The van der Waals surface area contributed by atoms with Crippen LogP contribution in [0.3, 0.4) is 0 Å². The highest BCUT2D eigenvalue weighted by atomic mass is 32.2. The molecule has 3 aliphatic heterocycles. The third kappa shape index (κ3) is 6.54. The average Bonchev–Trinajstić information content (AvgIpc) is 3.43.